The molecule has 0 aliphatic carbocycles. The molecule has 0 saturated carbocycles. The average Bonchev–Trinajstić information content (AvgIpc) is 1.77. The van der Waals surface area contributed by atoms with E-state index >= 15 is 0 Å². The molecule has 0 aromatic carbocycles. The summed E-state index contributed by atoms with van der Waals surface area (Å²) in [6, 6.07) is 0. The third-order valence-electron chi connectivity index (χ3n) is 1.14. The van der Waals surface area contributed by atoms with Crippen LogP contribution in [0.3, 0.4) is 0 Å². The molecule has 0 unspecified atom stereocenters. The molecule has 1 saturated heterocycles. The van der Waals surface area contributed by atoms with Crippen LogP contribution in [0.5, 0.6) is 0 Å². The van der Waals surface area contributed by atoms with Crippen molar-refractivity contribution >= 4 is 17.7 Å². The van der Waals surface area contributed by atoms with Crippen molar-refractivity contribution < 1.29 is 4.79 Å². The Bertz CT molecular complexity index is 105. The van der Waals surface area contributed by atoms with E-state index in [1.165, 1.54) is 0 Å². The summed E-state index contributed by atoms with van der Waals surface area (Å²) in [6.07, 6.45) is 0. The van der Waals surface area contributed by atoms with Gasteiger partial charge in [-0.05, 0) is 6.92 Å². The SMILES string of the molecule is C[C@H]1SCCNC1=O. The molecule has 3 heteroatoms. The second kappa shape index (κ2) is 2.40. The van der Waals surface area contributed by atoms with Crippen molar-refractivity contribution in [1.29, 1.82) is 0 Å². The molecule has 0 aromatic heterocycles. The maximum absolute atomic E-state index is 10.7. The van der Waals surface area contributed by atoms with Crippen LogP contribution in [0.1, 0.15) is 6.92 Å². The number of nitrogens with one attached hydrogen (secondary N) is 1. The van der Waals surface area contributed by atoms with Crippen molar-refractivity contribution in [3.05, 3.63) is 0 Å². The minimum Gasteiger partial charge on any atom is -0.354 e. The summed E-state index contributed by atoms with van der Waals surface area (Å²) >= 11 is 1.71. The standard InChI is InChI=1S/C5H9NOS/c1-4-5(7)6-2-3-8-4/h4H,2-3H2,1H3,(H,6,7)/t4-/m1/s1. The minimum atomic E-state index is 0.170. The summed E-state index contributed by atoms with van der Waals surface area (Å²) in [6.45, 7) is 2.77. The predicted molar refractivity (Wildman–Crippen MR) is 34.9 cm³/mol. The molecule has 1 amide bonds. The number of carbonyl (C=O) groups excluding carboxylic acids is 1. The van der Waals surface area contributed by atoms with Gasteiger partial charge in [0, 0.05) is 12.3 Å². The number of hydrogen-bond donors (Lipinski definition) is 1. The van der Waals surface area contributed by atoms with E-state index in [-0.39, 0.29) is 11.2 Å². The van der Waals surface area contributed by atoms with E-state index in [9.17, 15) is 4.79 Å². The molecule has 1 rings (SSSR count). The van der Waals surface area contributed by atoms with Crippen LogP contribution in [0.2, 0.25) is 0 Å². The summed E-state index contributed by atoms with van der Waals surface area (Å²) in [4.78, 5) is 10.7. The van der Waals surface area contributed by atoms with Crippen LogP contribution in [0, 0.1) is 0 Å². The first-order chi connectivity index (χ1) is 3.80. The highest BCUT2D eigenvalue weighted by molar-refractivity contribution is 8.00. The summed E-state index contributed by atoms with van der Waals surface area (Å²) in [5.41, 5.74) is 0. The fraction of sp³-hybridized carbons (Fsp3) is 0.800. The van der Waals surface area contributed by atoms with Crippen molar-refractivity contribution in [1.82, 2.24) is 5.32 Å². The van der Waals surface area contributed by atoms with Crippen LogP contribution in [-0.4, -0.2) is 23.5 Å². The highest BCUT2D eigenvalue weighted by Gasteiger charge is 2.16. The third kappa shape index (κ3) is 1.15. The molecule has 0 spiro atoms. The Hall–Kier alpha value is -0.180. The summed E-state index contributed by atoms with van der Waals surface area (Å²) in [5.74, 6) is 1.24. The molecule has 0 radical (unpaired) electrons. The van der Waals surface area contributed by atoms with Gasteiger partial charge < -0.3 is 5.32 Å². The Morgan fingerprint density at radius 2 is 2.62 bits per heavy atom. The molecular formula is C5H9NOS. The highest BCUT2D eigenvalue weighted by Crippen LogP contribution is 2.12. The maximum Gasteiger partial charge on any atom is 0.232 e. The van der Waals surface area contributed by atoms with Gasteiger partial charge in [0.15, 0.2) is 0 Å². The number of rotatable bonds is 0. The summed E-state index contributed by atoms with van der Waals surface area (Å²) < 4.78 is 0. The van der Waals surface area contributed by atoms with E-state index in [4.69, 9.17) is 0 Å². The Labute approximate surface area is 53.0 Å². The van der Waals surface area contributed by atoms with Crippen LogP contribution in [0.15, 0.2) is 0 Å². The fourth-order valence-corrected chi connectivity index (χ4v) is 1.44. The van der Waals surface area contributed by atoms with Gasteiger partial charge in [-0.1, -0.05) is 0 Å². The Morgan fingerprint density at radius 3 is 3.00 bits per heavy atom. The molecule has 1 aliphatic heterocycles. The molecule has 1 aliphatic rings. The van der Waals surface area contributed by atoms with E-state index in [0.29, 0.717) is 0 Å². The largest absolute Gasteiger partial charge is 0.354 e. The topological polar surface area (TPSA) is 29.1 Å². The number of thioether (sulfide) groups is 1. The van der Waals surface area contributed by atoms with Crippen LogP contribution in [0.25, 0.3) is 0 Å². The first-order valence-corrected chi connectivity index (χ1v) is 3.75. The zero-order valence-electron chi connectivity index (χ0n) is 4.81. The zero-order valence-corrected chi connectivity index (χ0v) is 5.62. The summed E-state index contributed by atoms with van der Waals surface area (Å²) in [7, 11) is 0. The molecule has 0 bridgehead atoms. The van der Waals surface area contributed by atoms with Crippen molar-refractivity contribution in [3.8, 4) is 0 Å². The van der Waals surface area contributed by atoms with Crippen molar-refractivity contribution in [2.45, 2.75) is 12.2 Å². The van der Waals surface area contributed by atoms with E-state index in [0.717, 1.165) is 12.3 Å². The summed E-state index contributed by atoms with van der Waals surface area (Å²) in [5, 5.41) is 2.94. The van der Waals surface area contributed by atoms with Crippen molar-refractivity contribution in [2.24, 2.45) is 0 Å². The highest BCUT2D eigenvalue weighted by atomic mass is 32.2. The van der Waals surface area contributed by atoms with Crippen molar-refractivity contribution in [2.75, 3.05) is 12.3 Å². The van der Waals surface area contributed by atoms with Crippen LogP contribution in [-0.2, 0) is 4.79 Å². The lowest BCUT2D eigenvalue weighted by Gasteiger charge is -2.16. The Kier molecular flexibility index (Phi) is 1.78. The second-order valence-electron chi connectivity index (χ2n) is 1.80. The molecule has 1 heterocycles. The Morgan fingerprint density at radius 1 is 1.88 bits per heavy atom. The second-order valence-corrected chi connectivity index (χ2v) is 3.25. The lowest BCUT2D eigenvalue weighted by Crippen LogP contribution is -2.37. The van der Waals surface area contributed by atoms with E-state index in [1.54, 1.807) is 11.8 Å². The first-order valence-electron chi connectivity index (χ1n) is 2.70. The zero-order chi connectivity index (χ0) is 5.98. The van der Waals surface area contributed by atoms with Crippen LogP contribution >= 0.6 is 11.8 Å². The molecule has 8 heavy (non-hydrogen) atoms. The van der Waals surface area contributed by atoms with E-state index in [1.807, 2.05) is 6.92 Å². The van der Waals surface area contributed by atoms with Gasteiger partial charge in [0.2, 0.25) is 5.91 Å². The maximum atomic E-state index is 10.7. The van der Waals surface area contributed by atoms with Gasteiger partial charge in [-0.15, -0.1) is 11.8 Å². The van der Waals surface area contributed by atoms with Crippen LogP contribution < -0.4 is 5.32 Å². The van der Waals surface area contributed by atoms with E-state index < -0.39 is 0 Å². The van der Waals surface area contributed by atoms with Crippen molar-refractivity contribution in [3.63, 3.8) is 0 Å². The minimum absolute atomic E-state index is 0.170. The molecule has 1 atom stereocenters. The monoisotopic (exact) mass is 131 g/mol. The molecular weight excluding hydrogens is 122 g/mol. The Balaban J connectivity index is 2.39. The molecule has 0 aromatic rings. The van der Waals surface area contributed by atoms with Gasteiger partial charge in [-0.3, -0.25) is 4.79 Å². The molecule has 46 valence electrons. The van der Waals surface area contributed by atoms with Crippen LogP contribution in [0.4, 0.5) is 0 Å². The first kappa shape index (κ1) is 5.95. The van der Waals surface area contributed by atoms with Gasteiger partial charge in [-0.25, -0.2) is 0 Å². The number of carbonyl (C=O) groups is 1. The van der Waals surface area contributed by atoms with Gasteiger partial charge in [0.25, 0.3) is 0 Å². The van der Waals surface area contributed by atoms with Gasteiger partial charge in [-0.2, -0.15) is 0 Å². The number of amides is 1. The van der Waals surface area contributed by atoms with Gasteiger partial charge in [0.05, 0.1) is 5.25 Å². The number of hydrogen-bond acceptors (Lipinski definition) is 2. The third-order valence-corrected chi connectivity index (χ3v) is 2.29. The molecule has 1 N–H and O–H groups in total. The smallest absolute Gasteiger partial charge is 0.232 e. The molecule has 2 nitrogen and oxygen atoms in total. The fourth-order valence-electron chi connectivity index (χ4n) is 0.629. The lowest BCUT2D eigenvalue weighted by molar-refractivity contribution is -0.120. The normalized spacial score (nSPS) is 29.6. The molecule has 1 fully saturated rings. The quantitative estimate of drug-likeness (QED) is 0.510. The van der Waals surface area contributed by atoms with E-state index in [2.05, 4.69) is 5.32 Å². The predicted octanol–water partition coefficient (Wildman–Crippen LogP) is 0.238. The lowest BCUT2D eigenvalue weighted by atomic mass is 10.4. The van der Waals surface area contributed by atoms with Gasteiger partial charge >= 0.3 is 0 Å². The van der Waals surface area contributed by atoms with Gasteiger partial charge in [0.1, 0.15) is 0 Å². The average molecular weight is 131 g/mol.